The summed E-state index contributed by atoms with van der Waals surface area (Å²) in [6.07, 6.45) is 1.50. The Labute approximate surface area is 111 Å². The molecule has 0 unspecified atom stereocenters. The van der Waals surface area contributed by atoms with Crippen molar-refractivity contribution in [2.24, 2.45) is 5.41 Å². The molecule has 0 spiro atoms. The van der Waals surface area contributed by atoms with E-state index in [0.717, 1.165) is 6.26 Å². The third-order valence-electron chi connectivity index (χ3n) is 3.50. The van der Waals surface area contributed by atoms with Crippen LogP contribution < -0.4 is 4.74 Å². The van der Waals surface area contributed by atoms with Crippen LogP contribution in [0.5, 0.6) is 5.75 Å². The second-order valence-corrected chi connectivity index (χ2v) is 6.83. The summed E-state index contributed by atoms with van der Waals surface area (Å²) in [5.74, 6) is 0.0323. The Morgan fingerprint density at radius 3 is 2.26 bits per heavy atom. The van der Waals surface area contributed by atoms with Gasteiger partial charge in [0.1, 0.15) is 17.5 Å². The van der Waals surface area contributed by atoms with Gasteiger partial charge in [-0.25, -0.2) is 8.42 Å². The molecule has 0 heterocycles. The van der Waals surface area contributed by atoms with Gasteiger partial charge in [0.25, 0.3) is 0 Å². The van der Waals surface area contributed by atoms with Crippen LogP contribution in [-0.2, 0) is 14.6 Å². The van der Waals surface area contributed by atoms with Crippen molar-refractivity contribution < 1.29 is 17.9 Å². The van der Waals surface area contributed by atoms with E-state index < -0.39 is 26.4 Å². The van der Waals surface area contributed by atoms with E-state index in [0.29, 0.717) is 17.6 Å². The standard InChI is InChI=1S/C13H13NO4S/c1-18-10-5-3-9(4-6-10)11-12(19(2,16)17)13(11,7-14)8-15/h3-6,8,11-12H,1-2H3/t11-,12+,13-/m1/s1. The number of ether oxygens (including phenoxy) is 1. The zero-order chi connectivity index (χ0) is 14.3. The van der Waals surface area contributed by atoms with Crippen LogP contribution in [0.15, 0.2) is 24.3 Å². The van der Waals surface area contributed by atoms with E-state index in [1.807, 2.05) is 6.07 Å². The summed E-state index contributed by atoms with van der Waals surface area (Å²) in [6.45, 7) is 0. The van der Waals surface area contributed by atoms with E-state index in [4.69, 9.17) is 10.00 Å². The summed E-state index contributed by atoms with van der Waals surface area (Å²) < 4.78 is 28.4. The molecule has 0 saturated heterocycles. The van der Waals surface area contributed by atoms with Crippen LogP contribution in [0.2, 0.25) is 0 Å². The zero-order valence-corrected chi connectivity index (χ0v) is 11.3. The first-order valence-corrected chi connectivity index (χ1v) is 7.56. The van der Waals surface area contributed by atoms with Crippen LogP contribution in [0.3, 0.4) is 0 Å². The molecule has 2 rings (SSSR count). The number of rotatable bonds is 4. The molecule has 6 heteroatoms. The van der Waals surface area contributed by atoms with E-state index in [1.165, 1.54) is 7.11 Å². The summed E-state index contributed by atoms with van der Waals surface area (Å²) in [5, 5.41) is 8.19. The second-order valence-electron chi connectivity index (χ2n) is 4.66. The highest BCUT2D eigenvalue weighted by Crippen LogP contribution is 2.61. The molecule has 0 bridgehead atoms. The van der Waals surface area contributed by atoms with Crippen molar-refractivity contribution in [1.29, 1.82) is 5.26 Å². The van der Waals surface area contributed by atoms with Gasteiger partial charge in [0.05, 0.1) is 18.4 Å². The maximum Gasteiger partial charge on any atom is 0.153 e. The highest BCUT2D eigenvalue weighted by molar-refractivity contribution is 7.91. The molecule has 0 aromatic heterocycles. The first-order valence-electron chi connectivity index (χ1n) is 5.61. The fraction of sp³-hybridized carbons (Fsp3) is 0.385. The quantitative estimate of drug-likeness (QED) is 0.765. The lowest BCUT2D eigenvalue weighted by molar-refractivity contribution is -0.110. The molecule has 0 N–H and O–H groups in total. The average Bonchev–Trinajstić information content (AvgIpc) is 3.09. The van der Waals surface area contributed by atoms with Crippen molar-refractivity contribution in [3.8, 4) is 11.8 Å². The van der Waals surface area contributed by atoms with Gasteiger partial charge in [0.2, 0.25) is 0 Å². The lowest BCUT2D eigenvalue weighted by Crippen LogP contribution is -2.14. The average molecular weight is 279 g/mol. The van der Waals surface area contributed by atoms with Crippen LogP contribution in [0.25, 0.3) is 0 Å². The number of hydrogen-bond donors (Lipinski definition) is 0. The predicted octanol–water partition coefficient (Wildman–Crippen LogP) is 0.914. The Morgan fingerprint density at radius 1 is 1.37 bits per heavy atom. The number of sulfone groups is 1. The molecule has 5 nitrogen and oxygen atoms in total. The first-order chi connectivity index (χ1) is 8.90. The SMILES string of the molecule is COc1ccc([C@@H]2[C@H](S(C)(=O)=O)[C@]2(C#N)C=O)cc1. The zero-order valence-electron chi connectivity index (χ0n) is 10.5. The molecule has 3 atom stereocenters. The molecule has 0 aliphatic heterocycles. The predicted molar refractivity (Wildman–Crippen MR) is 68.5 cm³/mol. The molecule has 0 radical (unpaired) electrons. The van der Waals surface area contributed by atoms with Gasteiger partial charge in [-0.1, -0.05) is 12.1 Å². The molecule has 0 amide bonds. The number of nitriles is 1. The topological polar surface area (TPSA) is 84.2 Å². The van der Waals surface area contributed by atoms with Gasteiger partial charge in [0.15, 0.2) is 9.84 Å². The van der Waals surface area contributed by atoms with E-state index in [9.17, 15) is 13.2 Å². The van der Waals surface area contributed by atoms with Crippen molar-refractivity contribution in [2.75, 3.05) is 13.4 Å². The third kappa shape index (κ3) is 2.00. The fourth-order valence-electron chi connectivity index (χ4n) is 2.54. The van der Waals surface area contributed by atoms with Crippen LogP contribution in [0, 0.1) is 16.7 Å². The normalized spacial score (nSPS) is 29.3. The van der Waals surface area contributed by atoms with Gasteiger partial charge in [-0.2, -0.15) is 5.26 Å². The van der Waals surface area contributed by atoms with E-state index in [1.54, 1.807) is 24.3 Å². The maximum atomic E-state index is 11.7. The summed E-state index contributed by atoms with van der Waals surface area (Å²) in [7, 11) is -1.94. The second kappa shape index (κ2) is 4.35. The Kier molecular flexibility index (Phi) is 3.11. The van der Waals surface area contributed by atoms with Gasteiger partial charge < -0.3 is 9.53 Å². The van der Waals surface area contributed by atoms with Crippen molar-refractivity contribution in [3.05, 3.63) is 29.8 Å². The summed E-state index contributed by atoms with van der Waals surface area (Å²) in [5.41, 5.74) is -0.799. The molecule has 1 aliphatic carbocycles. The molecule has 100 valence electrons. The van der Waals surface area contributed by atoms with Gasteiger partial charge >= 0.3 is 0 Å². The molecular weight excluding hydrogens is 266 g/mol. The van der Waals surface area contributed by atoms with Crippen LogP contribution >= 0.6 is 0 Å². The van der Waals surface area contributed by atoms with Gasteiger partial charge in [-0.05, 0) is 17.7 Å². The Balaban J connectivity index is 2.44. The molecule has 1 saturated carbocycles. The van der Waals surface area contributed by atoms with Crippen molar-refractivity contribution >= 4 is 16.1 Å². The van der Waals surface area contributed by atoms with E-state index in [-0.39, 0.29) is 0 Å². The molecule has 19 heavy (non-hydrogen) atoms. The van der Waals surface area contributed by atoms with Crippen molar-refractivity contribution in [3.63, 3.8) is 0 Å². The number of nitrogens with zero attached hydrogens (tertiary/aromatic N) is 1. The maximum absolute atomic E-state index is 11.7. The van der Waals surface area contributed by atoms with Crippen LogP contribution in [-0.4, -0.2) is 33.3 Å². The number of methoxy groups -OCH3 is 1. The molecular formula is C13H13NO4S. The molecule has 1 aromatic carbocycles. The molecule has 1 aliphatic rings. The number of carbonyl (C=O) groups excluding carboxylic acids is 1. The Morgan fingerprint density at radius 2 is 1.95 bits per heavy atom. The minimum absolute atomic E-state index is 0.452. The van der Waals surface area contributed by atoms with Crippen molar-refractivity contribution in [1.82, 2.24) is 0 Å². The van der Waals surface area contributed by atoms with E-state index in [2.05, 4.69) is 0 Å². The smallest absolute Gasteiger partial charge is 0.153 e. The minimum Gasteiger partial charge on any atom is -0.497 e. The highest BCUT2D eigenvalue weighted by atomic mass is 32.2. The van der Waals surface area contributed by atoms with Gasteiger partial charge in [-0.15, -0.1) is 0 Å². The molecule has 1 aromatic rings. The summed E-state index contributed by atoms with van der Waals surface area (Å²) in [4.78, 5) is 11.2. The van der Waals surface area contributed by atoms with Gasteiger partial charge in [-0.3, -0.25) is 0 Å². The van der Waals surface area contributed by atoms with Crippen molar-refractivity contribution in [2.45, 2.75) is 11.2 Å². The number of carbonyl (C=O) groups is 1. The lowest BCUT2D eigenvalue weighted by atomic mass is 10.0. The van der Waals surface area contributed by atoms with Gasteiger partial charge in [0, 0.05) is 12.2 Å². The minimum atomic E-state index is -3.46. The third-order valence-corrected chi connectivity index (χ3v) is 5.09. The van der Waals surface area contributed by atoms with E-state index >= 15 is 0 Å². The highest BCUT2D eigenvalue weighted by Gasteiger charge is 2.71. The van der Waals surface area contributed by atoms with Crippen LogP contribution in [0.4, 0.5) is 0 Å². The Hall–Kier alpha value is -1.87. The Bertz CT molecular complexity index is 644. The fourth-order valence-corrected chi connectivity index (χ4v) is 4.30. The molecule has 1 fully saturated rings. The first kappa shape index (κ1) is 13.6. The summed E-state index contributed by atoms with van der Waals surface area (Å²) in [6, 6.07) is 8.59. The number of hydrogen-bond acceptors (Lipinski definition) is 5. The summed E-state index contributed by atoms with van der Waals surface area (Å²) >= 11 is 0. The number of aldehydes is 1. The van der Waals surface area contributed by atoms with Crippen LogP contribution in [0.1, 0.15) is 11.5 Å². The monoisotopic (exact) mass is 279 g/mol. The number of benzene rings is 1. The lowest BCUT2D eigenvalue weighted by Gasteiger charge is -2.02. The largest absolute Gasteiger partial charge is 0.497 e.